The highest BCUT2D eigenvalue weighted by molar-refractivity contribution is 6.09. The van der Waals surface area contributed by atoms with Gasteiger partial charge >= 0.3 is 0 Å². The molecule has 1 aromatic carbocycles. The Hall–Kier alpha value is -3.74. The summed E-state index contributed by atoms with van der Waals surface area (Å²) in [4.78, 5) is 29.3. The van der Waals surface area contributed by atoms with E-state index < -0.39 is 0 Å². The molecule has 1 aliphatic carbocycles. The van der Waals surface area contributed by atoms with Gasteiger partial charge in [0.1, 0.15) is 11.6 Å². The van der Waals surface area contributed by atoms with Gasteiger partial charge in [0.15, 0.2) is 5.76 Å². The first-order chi connectivity index (χ1) is 14.5. The number of aryl methyl sites for hydroxylation is 2. The number of nitrogens with one attached hydrogen (secondary N) is 2. The molecule has 3 aromatic rings. The van der Waals surface area contributed by atoms with Crippen molar-refractivity contribution in [2.45, 2.75) is 33.1 Å². The van der Waals surface area contributed by atoms with E-state index in [0.29, 0.717) is 34.8 Å². The summed E-state index contributed by atoms with van der Waals surface area (Å²) in [6.45, 7) is 3.76. The van der Waals surface area contributed by atoms with E-state index in [-0.39, 0.29) is 17.6 Å². The zero-order valence-electron chi connectivity index (χ0n) is 16.9. The zero-order valence-corrected chi connectivity index (χ0v) is 16.9. The van der Waals surface area contributed by atoms with Gasteiger partial charge in [-0.25, -0.2) is 10.4 Å². The van der Waals surface area contributed by atoms with E-state index in [1.54, 1.807) is 36.5 Å². The average molecular weight is 402 g/mol. The minimum Gasteiger partial charge on any atom is -0.455 e. The number of hydrazone groups is 1. The van der Waals surface area contributed by atoms with Gasteiger partial charge in [0.2, 0.25) is 0 Å². The van der Waals surface area contributed by atoms with Crippen molar-refractivity contribution in [1.29, 1.82) is 0 Å². The number of aromatic nitrogens is 1. The molecule has 2 aromatic heterocycles. The molecule has 0 spiro atoms. The highest BCUT2D eigenvalue weighted by Gasteiger charge is 2.28. The molecule has 30 heavy (non-hydrogen) atoms. The number of rotatable bonds is 4. The van der Waals surface area contributed by atoms with Crippen molar-refractivity contribution in [3.8, 4) is 0 Å². The second-order valence-electron chi connectivity index (χ2n) is 7.25. The molecule has 2 heterocycles. The molecule has 0 radical (unpaired) electrons. The number of anilines is 1. The van der Waals surface area contributed by atoms with E-state index in [2.05, 4.69) is 20.8 Å². The van der Waals surface area contributed by atoms with Crippen LogP contribution in [0.3, 0.4) is 0 Å². The summed E-state index contributed by atoms with van der Waals surface area (Å²) >= 11 is 0. The van der Waals surface area contributed by atoms with Crippen LogP contribution < -0.4 is 10.7 Å². The summed E-state index contributed by atoms with van der Waals surface area (Å²) in [7, 11) is 0. The number of carbonyl (C=O) groups excluding carboxylic acids is 2. The molecule has 2 N–H and O–H groups in total. The molecule has 7 nitrogen and oxygen atoms in total. The van der Waals surface area contributed by atoms with E-state index in [1.165, 1.54) is 0 Å². The first-order valence-electron chi connectivity index (χ1n) is 9.81. The molecule has 152 valence electrons. The van der Waals surface area contributed by atoms with Crippen molar-refractivity contribution in [1.82, 2.24) is 10.4 Å². The molecular formula is C23H22N4O3. The molecule has 0 saturated carbocycles. The Bertz CT molecular complexity index is 1120. The third-order valence-corrected chi connectivity index (χ3v) is 5.01. The first-order valence-corrected chi connectivity index (χ1v) is 9.81. The standard InChI is InChI=1S/C23H22N4O3/c1-14-11-12-19(24-13-14)25-23(29)21-15(2)20-17(9-6-10-18(20)30-21)26-27-22(28)16-7-4-3-5-8-16/h3-5,7-8,11-13H,6,9-10H2,1-2H3,(H,27,28)(H,24,25,29)/b26-17+. The number of nitrogens with zero attached hydrogens (tertiary/aromatic N) is 2. The summed E-state index contributed by atoms with van der Waals surface area (Å²) in [6.07, 6.45) is 3.94. The Balaban J connectivity index is 1.56. The van der Waals surface area contributed by atoms with Gasteiger partial charge < -0.3 is 9.73 Å². The molecule has 7 heteroatoms. The Morgan fingerprint density at radius 3 is 2.57 bits per heavy atom. The van der Waals surface area contributed by atoms with Gasteiger partial charge in [0, 0.05) is 29.3 Å². The Kier molecular flexibility index (Phi) is 5.43. The van der Waals surface area contributed by atoms with Crippen molar-refractivity contribution in [2.24, 2.45) is 5.10 Å². The number of hydrogen-bond donors (Lipinski definition) is 2. The molecule has 0 saturated heterocycles. The molecule has 0 bridgehead atoms. The lowest BCUT2D eigenvalue weighted by atomic mass is 9.93. The van der Waals surface area contributed by atoms with Crippen molar-refractivity contribution >= 4 is 23.3 Å². The van der Waals surface area contributed by atoms with Gasteiger partial charge in [-0.15, -0.1) is 0 Å². The summed E-state index contributed by atoms with van der Waals surface area (Å²) in [5, 5.41) is 7.11. The summed E-state index contributed by atoms with van der Waals surface area (Å²) in [5.74, 6) is 0.786. The van der Waals surface area contributed by atoms with Crippen LogP contribution in [0, 0.1) is 13.8 Å². The third-order valence-electron chi connectivity index (χ3n) is 5.01. The maximum absolute atomic E-state index is 12.7. The Labute approximate surface area is 174 Å². The zero-order chi connectivity index (χ0) is 21.1. The fourth-order valence-electron chi connectivity index (χ4n) is 3.48. The van der Waals surface area contributed by atoms with E-state index >= 15 is 0 Å². The van der Waals surface area contributed by atoms with Crippen molar-refractivity contribution in [3.63, 3.8) is 0 Å². The van der Waals surface area contributed by atoms with Crippen LogP contribution in [0.25, 0.3) is 0 Å². The molecule has 0 unspecified atom stereocenters. The maximum atomic E-state index is 12.7. The molecular weight excluding hydrogens is 380 g/mol. The van der Waals surface area contributed by atoms with Crippen LogP contribution >= 0.6 is 0 Å². The minimum atomic E-state index is -0.356. The smallest absolute Gasteiger partial charge is 0.292 e. The highest BCUT2D eigenvalue weighted by atomic mass is 16.4. The Morgan fingerprint density at radius 1 is 1.03 bits per heavy atom. The van der Waals surface area contributed by atoms with Crippen LogP contribution in [-0.2, 0) is 6.42 Å². The number of pyridine rings is 1. The van der Waals surface area contributed by atoms with Crippen molar-refractivity contribution in [2.75, 3.05) is 5.32 Å². The van der Waals surface area contributed by atoms with Gasteiger partial charge in [-0.05, 0) is 50.5 Å². The van der Waals surface area contributed by atoms with Crippen molar-refractivity contribution < 1.29 is 14.0 Å². The van der Waals surface area contributed by atoms with Crippen LogP contribution in [0.1, 0.15) is 56.2 Å². The first kappa shape index (κ1) is 19.6. The van der Waals surface area contributed by atoms with E-state index in [0.717, 1.165) is 24.0 Å². The predicted molar refractivity (Wildman–Crippen MR) is 114 cm³/mol. The molecule has 1 aliphatic rings. The number of hydrogen-bond acceptors (Lipinski definition) is 5. The van der Waals surface area contributed by atoms with E-state index in [9.17, 15) is 9.59 Å². The highest BCUT2D eigenvalue weighted by Crippen LogP contribution is 2.30. The topological polar surface area (TPSA) is 96.6 Å². The maximum Gasteiger partial charge on any atom is 0.292 e. The summed E-state index contributed by atoms with van der Waals surface area (Å²) < 4.78 is 5.88. The van der Waals surface area contributed by atoms with Gasteiger partial charge in [-0.3, -0.25) is 9.59 Å². The third kappa shape index (κ3) is 4.00. The van der Waals surface area contributed by atoms with Gasteiger partial charge in [0.05, 0.1) is 5.71 Å². The van der Waals surface area contributed by atoms with E-state index in [1.807, 2.05) is 26.0 Å². The monoisotopic (exact) mass is 402 g/mol. The van der Waals surface area contributed by atoms with E-state index in [4.69, 9.17) is 4.42 Å². The van der Waals surface area contributed by atoms with Crippen LogP contribution in [-0.4, -0.2) is 22.5 Å². The number of amides is 2. The van der Waals surface area contributed by atoms with Crippen LogP contribution in [0.15, 0.2) is 58.2 Å². The lowest BCUT2D eigenvalue weighted by Gasteiger charge is -2.13. The summed E-state index contributed by atoms with van der Waals surface area (Å²) in [5.41, 5.74) is 6.39. The lowest BCUT2D eigenvalue weighted by Crippen LogP contribution is -2.22. The van der Waals surface area contributed by atoms with Gasteiger partial charge in [-0.1, -0.05) is 24.3 Å². The Morgan fingerprint density at radius 2 is 1.83 bits per heavy atom. The van der Waals surface area contributed by atoms with Crippen LogP contribution in [0.5, 0.6) is 0 Å². The predicted octanol–water partition coefficient (Wildman–Crippen LogP) is 4.01. The molecule has 2 amide bonds. The fraction of sp³-hybridized carbons (Fsp3) is 0.217. The minimum absolute atomic E-state index is 0.242. The summed E-state index contributed by atoms with van der Waals surface area (Å²) in [6, 6.07) is 12.5. The van der Waals surface area contributed by atoms with Gasteiger partial charge in [0.25, 0.3) is 11.8 Å². The largest absolute Gasteiger partial charge is 0.455 e. The SMILES string of the molecule is Cc1ccc(NC(=O)c2oc3c(c2C)/C(=N/NC(=O)c2ccccc2)CCC3)nc1. The lowest BCUT2D eigenvalue weighted by molar-refractivity contribution is 0.0953. The van der Waals surface area contributed by atoms with Crippen LogP contribution in [0.2, 0.25) is 0 Å². The fourth-order valence-corrected chi connectivity index (χ4v) is 3.48. The number of furan rings is 1. The molecule has 4 rings (SSSR count). The molecule has 0 fully saturated rings. The second-order valence-corrected chi connectivity index (χ2v) is 7.25. The normalized spacial score (nSPS) is 14.3. The average Bonchev–Trinajstić information content (AvgIpc) is 3.11. The quantitative estimate of drug-likeness (QED) is 0.644. The van der Waals surface area contributed by atoms with Crippen LogP contribution in [0.4, 0.5) is 5.82 Å². The van der Waals surface area contributed by atoms with Crippen molar-refractivity contribution in [3.05, 3.63) is 82.4 Å². The number of benzene rings is 1. The number of carbonyl (C=O) groups is 2. The number of fused-ring (bicyclic) bond motifs is 1. The van der Waals surface area contributed by atoms with Gasteiger partial charge in [-0.2, -0.15) is 5.10 Å². The molecule has 0 aliphatic heterocycles. The second kappa shape index (κ2) is 8.32. The molecule has 0 atom stereocenters.